The molecule has 1 rings (SSSR count). The van der Waals surface area contributed by atoms with Crippen molar-refractivity contribution in [1.82, 2.24) is 5.32 Å². The van der Waals surface area contributed by atoms with Gasteiger partial charge in [-0.05, 0) is 44.6 Å². The van der Waals surface area contributed by atoms with Gasteiger partial charge in [0.1, 0.15) is 0 Å². The lowest BCUT2D eigenvalue weighted by molar-refractivity contribution is 0.365. The average molecular weight is 181 g/mol. The number of rotatable bonds is 4. The maximum atomic E-state index is 3.62. The van der Waals surface area contributed by atoms with Crippen LogP contribution in [0.15, 0.2) is 12.2 Å². The Morgan fingerprint density at radius 3 is 2.77 bits per heavy atom. The Morgan fingerprint density at radius 2 is 2.23 bits per heavy atom. The lowest BCUT2D eigenvalue weighted by atomic mass is 9.92. The van der Waals surface area contributed by atoms with E-state index in [1.54, 1.807) is 0 Å². The van der Waals surface area contributed by atoms with Crippen LogP contribution < -0.4 is 5.32 Å². The maximum Gasteiger partial charge on any atom is 0.00724 e. The van der Waals surface area contributed by atoms with E-state index in [0.717, 1.165) is 12.6 Å². The maximum absolute atomic E-state index is 3.62. The number of nitrogens with one attached hydrogen (secondary N) is 1. The Balaban J connectivity index is 2.10. The topological polar surface area (TPSA) is 12.0 Å². The molecule has 1 N–H and O–H groups in total. The molecular weight excluding hydrogens is 158 g/mol. The first-order valence-corrected chi connectivity index (χ1v) is 5.48. The van der Waals surface area contributed by atoms with E-state index in [1.165, 1.54) is 25.7 Å². The van der Waals surface area contributed by atoms with Crippen LogP contribution in [-0.2, 0) is 0 Å². The predicted molar refractivity (Wildman–Crippen MR) is 58.9 cm³/mol. The molecule has 0 saturated heterocycles. The van der Waals surface area contributed by atoms with Gasteiger partial charge in [-0.2, -0.15) is 0 Å². The van der Waals surface area contributed by atoms with Gasteiger partial charge in [0.15, 0.2) is 0 Å². The van der Waals surface area contributed by atoms with Crippen LogP contribution in [0, 0.1) is 5.41 Å². The molecule has 0 aromatic carbocycles. The van der Waals surface area contributed by atoms with Gasteiger partial charge in [-0.1, -0.05) is 26.0 Å². The minimum absolute atomic E-state index is 0.582. The second kappa shape index (κ2) is 4.80. The predicted octanol–water partition coefficient (Wildman–Crippen LogP) is 3.12. The molecule has 1 heteroatoms. The Hall–Kier alpha value is -0.300. The Morgan fingerprint density at radius 1 is 1.46 bits per heavy atom. The van der Waals surface area contributed by atoms with Gasteiger partial charge in [-0.3, -0.25) is 0 Å². The molecule has 0 aromatic rings. The Labute approximate surface area is 82.6 Å². The smallest absolute Gasteiger partial charge is 0.00724 e. The van der Waals surface area contributed by atoms with E-state index < -0.39 is 0 Å². The van der Waals surface area contributed by atoms with E-state index >= 15 is 0 Å². The summed E-state index contributed by atoms with van der Waals surface area (Å²) in [6.45, 7) is 7.98. The highest BCUT2D eigenvalue weighted by Crippen LogP contribution is 2.36. The molecule has 76 valence electrons. The van der Waals surface area contributed by atoms with Crippen LogP contribution in [0.1, 0.15) is 46.5 Å². The fourth-order valence-corrected chi connectivity index (χ4v) is 2.15. The molecule has 1 aliphatic rings. The summed E-state index contributed by atoms with van der Waals surface area (Å²) in [5.41, 5.74) is 0.582. The van der Waals surface area contributed by atoms with Gasteiger partial charge in [0.05, 0.1) is 0 Å². The van der Waals surface area contributed by atoms with E-state index in [-0.39, 0.29) is 0 Å². The van der Waals surface area contributed by atoms with Crippen molar-refractivity contribution in [2.24, 2.45) is 5.41 Å². The first-order chi connectivity index (χ1) is 6.14. The number of hydrogen-bond donors (Lipinski definition) is 1. The molecular formula is C12H23N. The van der Waals surface area contributed by atoms with Gasteiger partial charge >= 0.3 is 0 Å². The Kier molecular flexibility index (Phi) is 3.98. The fourth-order valence-electron chi connectivity index (χ4n) is 2.15. The highest BCUT2D eigenvalue weighted by atomic mass is 14.9. The van der Waals surface area contributed by atoms with Crippen LogP contribution in [0.4, 0.5) is 0 Å². The highest BCUT2D eigenvalue weighted by molar-refractivity contribution is 4.87. The minimum atomic E-state index is 0.582. The quantitative estimate of drug-likeness (QED) is 0.519. The first kappa shape index (κ1) is 10.8. The zero-order chi connectivity index (χ0) is 9.73. The fraction of sp³-hybridized carbons (Fsp3) is 0.833. The van der Waals surface area contributed by atoms with E-state index in [9.17, 15) is 0 Å². The molecule has 1 atom stereocenters. The standard InChI is InChI=1S/C12H23N/c1-4-5-6-9-13-11-7-8-12(2,3)10-11/h4-5,11,13H,6-10H2,1-3H3/b5-4+. The van der Waals surface area contributed by atoms with E-state index in [1.807, 2.05) is 0 Å². The highest BCUT2D eigenvalue weighted by Gasteiger charge is 2.29. The van der Waals surface area contributed by atoms with E-state index in [4.69, 9.17) is 0 Å². The molecule has 0 heterocycles. The summed E-state index contributed by atoms with van der Waals surface area (Å²) in [6, 6.07) is 0.778. The van der Waals surface area contributed by atoms with Gasteiger partial charge in [0.25, 0.3) is 0 Å². The van der Waals surface area contributed by atoms with Crippen LogP contribution >= 0.6 is 0 Å². The van der Waals surface area contributed by atoms with Gasteiger partial charge in [-0.25, -0.2) is 0 Å². The third kappa shape index (κ3) is 3.95. The Bertz CT molecular complexity index is 170. The normalized spacial score (nSPS) is 27.2. The molecule has 0 spiro atoms. The van der Waals surface area contributed by atoms with Crippen LogP contribution in [0.3, 0.4) is 0 Å². The van der Waals surface area contributed by atoms with Gasteiger partial charge in [-0.15, -0.1) is 0 Å². The number of hydrogen-bond acceptors (Lipinski definition) is 1. The summed E-state index contributed by atoms with van der Waals surface area (Å²) < 4.78 is 0. The van der Waals surface area contributed by atoms with Crippen molar-refractivity contribution in [1.29, 1.82) is 0 Å². The van der Waals surface area contributed by atoms with Gasteiger partial charge in [0.2, 0.25) is 0 Å². The number of allylic oxidation sites excluding steroid dienone is 1. The SMILES string of the molecule is C/C=C/CCNC1CCC(C)(C)C1. The molecule has 1 saturated carbocycles. The van der Waals surface area contributed by atoms with Crippen molar-refractivity contribution in [3.8, 4) is 0 Å². The summed E-state index contributed by atoms with van der Waals surface area (Å²) >= 11 is 0. The molecule has 0 amide bonds. The van der Waals surface area contributed by atoms with Crippen molar-refractivity contribution in [2.75, 3.05) is 6.54 Å². The zero-order valence-electron chi connectivity index (χ0n) is 9.27. The molecule has 0 aromatic heterocycles. The van der Waals surface area contributed by atoms with Crippen LogP contribution in [0.2, 0.25) is 0 Å². The third-order valence-corrected chi connectivity index (χ3v) is 2.95. The van der Waals surface area contributed by atoms with Crippen molar-refractivity contribution in [3.05, 3.63) is 12.2 Å². The monoisotopic (exact) mass is 181 g/mol. The second-order valence-electron chi connectivity index (χ2n) is 4.92. The van der Waals surface area contributed by atoms with E-state index in [2.05, 4.69) is 38.2 Å². The van der Waals surface area contributed by atoms with Crippen molar-refractivity contribution >= 4 is 0 Å². The first-order valence-electron chi connectivity index (χ1n) is 5.48. The largest absolute Gasteiger partial charge is 0.314 e. The van der Waals surface area contributed by atoms with Crippen molar-refractivity contribution in [3.63, 3.8) is 0 Å². The molecule has 1 nitrogen and oxygen atoms in total. The molecule has 0 bridgehead atoms. The van der Waals surface area contributed by atoms with Crippen LogP contribution in [0.5, 0.6) is 0 Å². The summed E-state index contributed by atoms with van der Waals surface area (Å²) in [5.74, 6) is 0. The third-order valence-electron chi connectivity index (χ3n) is 2.95. The average Bonchev–Trinajstić information content (AvgIpc) is 2.40. The molecule has 1 fully saturated rings. The minimum Gasteiger partial charge on any atom is -0.314 e. The van der Waals surface area contributed by atoms with Gasteiger partial charge in [0, 0.05) is 6.04 Å². The molecule has 0 aliphatic heterocycles. The molecule has 1 aliphatic carbocycles. The summed E-state index contributed by atoms with van der Waals surface area (Å²) in [7, 11) is 0. The van der Waals surface area contributed by atoms with Crippen molar-refractivity contribution in [2.45, 2.75) is 52.5 Å². The summed E-state index contributed by atoms with van der Waals surface area (Å²) in [4.78, 5) is 0. The van der Waals surface area contributed by atoms with Crippen LogP contribution in [0.25, 0.3) is 0 Å². The van der Waals surface area contributed by atoms with Crippen LogP contribution in [-0.4, -0.2) is 12.6 Å². The lowest BCUT2D eigenvalue weighted by Gasteiger charge is -2.17. The second-order valence-corrected chi connectivity index (χ2v) is 4.92. The zero-order valence-corrected chi connectivity index (χ0v) is 9.27. The molecule has 13 heavy (non-hydrogen) atoms. The van der Waals surface area contributed by atoms with Gasteiger partial charge < -0.3 is 5.32 Å². The van der Waals surface area contributed by atoms with E-state index in [0.29, 0.717) is 5.41 Å². The van der Waals surface area contributed by atoms with Crippen molar-refractivity contribution < 1.29 is 0 Å². The lowest BCUT2D eigenvalue weighted by Crippen LogP contribution is -2.27. The summed E-state index contributed by atoms with van der Waals surface area (Å²) in [6.07, 6.45) is 9.63. The molecule has 0 radical (unpaired) electrons. The molecule has 1 unspecified atom stereocenters. The summed E-state index contributed by atoms with van der Waals surface area (Å²) in [5, 5.41) is 3.62.